The summed E-state index contributed by atoms with van der Waals surface area (Å²) >= 11 is 3.42. The molecule has 0 saturated carbocycles. The number of hydrogen-bond acceptors (Lipinski definition) is 5. The van der Waals surface area contributed by atoms with Crippen LogP contribution in [0.3, 0.4) is 0 Å². The van der Waals surface area contributed by atoms with Gasteiger partial charge in [0.05, 0.1) is 4.47 Å². The molecule has 1 aromatic rings. The van der Waals surface area contributed by atoms with E-state index in [1.165, 1.54) is 25.9 Å². The second-order valence-corrected chi connectivity index (χ2v) is 5.77. The lowest BCUT2D eigenvalue weighted by atomic mass is 10.1. The van der Waals surface area contributed by atoms with Gasteiger partial charge in [0.1, 0.15) is 5.82 Å². The molecule has 0 spiro atoms. The minimum atomic E-state index is 0.299. The van der Waals surface area contributed by atoms with Crippen molar-refractivity contribution in [3.05, 3.63) is 10.7 Å². The van der Waals surface area contributed by atoms with Gasteiger partial charge in [0.15, 0.2) is 0 Å². The Labute approximate surface area is 116 Å². The van der Waals surface area contributed by atoms with Crippen molar-refractivity contribution in [3.8, 4) is 0 Å². The summed E-state index contributed by atoms with van der Waals surface area (Å²) in [6.07, 6.45) is 4.36. The molecule has 1 aliphatic heterocycles. The highest BCUT2D eigenvalue weighted by molar-refractivity contribution is 9.10. The zero-order valence-electron chi connectivity index (χ0n) is 10.7. The quantitative estimate of drug-likeness (QED) is 0.870. The molecule has 0 bridgehead atoms. The van der Waals surface area contributed by atoms with Crippen molar-refractivity contribution in [1.82, 2.24) is 14.9 Å². The Hall–Kier alpha value is -0.880. The molecule has 0 aliphatic carbocycles. The lowest BCUT2D eigenvalue weighted by Crippen LogP contribution is -2.29. The molecule has 1 aliphatic rings. The number of halogens is 1. The van der Waals surface area contributed by atoms with E-state index in [2.05, 4.69) is 43.0 Å². The number of anilines is 2. The minimum Gasteiger partial charge on any atom is -0.369 e. The zero-order valence-corrected chi connectivity index (χ0v) is 12.3. The standard InChI is InChI=1S/C12H20BrN5/c1-9(8-18-4-2-3-5-18)6-15-11-10(13)7-16-12(14)17-11/h7,9H,2-6,8H2,1H3,(H3,14,15,16,17). The largest absolute Gasteiger partial charge is 0.369 e. The van der Waals surface area contributed by atoms with Crippen LogP contribution in [0.25, 0.3) is 0 Å². The summed E-state index contributed by atoms with van der Waals surface area (Å²) in [5.41, 5.74) is 5.57. The Morgan fingerprint density at radius 3 is 2.94 bits per heavy atom. The van der Waals surface area contributed by atoms with Crippen molar-refractivity contribution in [2.45, 2.75) is 19.8 Å². The van der Waals surface area contributed by atoms with Gasteiger partial charge in [-0.1, -0.05) is 6.92 Å². The summed E-state index contributed by atoms with van der Waals surface area (Å²) in [6, 6.07) is 0. The molecule has 0 aromatic carbocycles. The number of nitrogens with two attached hydrogens (primary N) is 1. The van der Waals surface area contributed by atoms with Crippen molar-refractivity contribution in [2.75, 3.05) is 37.2 Å². The number of nitrogens with zero attached hydrogens (tertiary/aromatic N) is 3. The smallest absolute Gasteiger partial charge is 0.221 e. The predicted molar refractivity (Wildman–Crippen MR) is 77.5 cm³/mol. The third-order valence-corrected chi connectivity index (χ3v) is 3.73. The lowest BCUT2D eigenvalue weighted by molar-refractivity contribution is 0.294. The first kappa shape index (κ1) is 13.5. The molecule has 1 fully saturated rings. The maximum Gasteiger partial charge on any atom is 0.221 e. The van der Waals surface area contributed by atoms with Gasteiger partial charge in [0.25, 0.3) is 0 Å². The summed E-state index contributed by atoms with van der Waals surface area (Å²) in [5, 5.41) is 3.32. The maximum absolute atomic E-state index is 5.57. The number of nitrogens with one attached hydrogen (secondary N) is 1. The molecule has 1 atom stereocenters. The topological polar surface area (TPSA) is 67.1 Å². The van der Waals surface area contributed by atoms with Crippen LogP contribution < -0.4 is 11.1 Å². The summed E-state index contributed by atoms with van der Waals surface area (Å²) in [6.45, 7) is 6.78. The molecule has 0 amide bonds. The number of rotatable bonds is 5. The highest BCUT2D eigenvalue weighted by atomic mass is 79.9. The second kappa shape index (κ2) is 6.33. The molecule has 2 heterocycles. The Kier molecular flexibility index (Phi) is 4.77. The molecule has 2 rings (SSSR count). The van der Waals surface area contributed by atoms with E-state index in [0.717, 1.165) is 23.4 Å². The van der Waals surface area contributed by atoms with E-state index < -0.39 is 0 Å². The van der Waals surface area contributed by atoms with Gasteiger partial charge in [-0.05, 0) is 47.8 Å². The Morgan fingerprint density at radius 1 is 1.50 bits per heavy atom. The number of hydrogen-bond donors (Lipinski definition) is 2. The Bertz CT molecular complexity index is 392. The van der Waals surface area contributed by atoms with E-state index in [9.17, 15) is 0 Å². The summed E-state index contributed by atoms with van der Waals surface area (Å²) in [4.78, 5) is 10.6. The molecule has 1 aromatic heterocycles. The fraction of sp³-hybridized carbons (Fsp3) is 0.667. The molecule has 100 valence electrons. The van der Waals surface area contributed by atoms with Crippen LogP contribution in [0.4, 0.5) is 11.8 Å². The monoisotopic (exact) mass is 313 g/mol. The third kappa shape index (κ3) is 3.81. The van der Waals surface area contributed by atoms with Gasteiger partial charge in [-0.15, -0.1) is 0 Å². The van der Waals surface area contributed by atoms with Crippen molar-refractivity contribution < 1.29 is 0 Å². The molecule has 3 N–H and O–H groups in total. The first-order chi connectivity index (χ1) is 8.65. The molecule has 6 heteroatoms. The van der Waals surface area contributed by atoms with Gasteiger partial charge >= 0.3 is 0 Å². The second-order valence-electron chi connectivity index (χ2n) is 4.92. The average Bonchev–Trinajstić information content (AvgIpc) is 2.83. The minimum absolute atomic E-state index is 0.299. The average molecular weight is 314 g/mol. The van der Waals surface area contributed by atoms with Crippen molar-refractivity contribution in [1.29, 1.82) is 0 Å². The lowest BCUT2D eigenvalue weighted by Gasteiger charge is -2.20. The Balaban J connectivity index is 1.81. The van der Waals surface area contributed by atoms with Gasteiger partial charge in [0.2, 0.25) is 5.95 Å². The van der Waals surface area contributed by atoms with E-state index in [1.807, 2.05) is 0 Å². The fourth-order valence-electron chi connectivity index (χ4n) is 2.25. The highest BCUT2D eigenvalue weighted by Gasteiger charge is 2.14. The van der Waals surface area contributed by atoms with Crippen molar-refractivity contribution >= 4 is 27.7 Å². The summed E-state index contributed by atoms with van der Waals surface area (Å²) in [5.74, 6) is 1.66. The molecule has 1 saturated heterocycles. The van der Waals surface area contributed by atoms with Gasteiger partial charge < -0.3 is 16.0 Å². The van der Waals surface area contributed by atoms with Crippen LogP contribution in [0.2, 0.25) is 0 Å². The zero-order chi connectivity index (χ0) is 13.0. The SMILES string of the molecule is CC(CNc1nc(N)ncc1Br)CN1CCCC1. The normalized spacial score (nSPS) is 17.9. The molecule has 0 radical (unpaired) electrons. The highest BCUT2D eigenvalue weighted by Crippen LogP contribution is 2.19. The Morgan fingerprint density at radius 2 is 2.22 bits per heavy atom. The van der Waals surface area contributed by atoms with Crippen LogP contribution in [0.15, 0.2) is 10.7 Å². The van der Waals surface area contributed by atoms with E-state index in [1.54, 1.807) is 6.20 Å². The van der Waals surface area contributed by atoms with E-state index >= 15 is 0 Å². The van der Waals surface area contributed by atoms with E-state index in [0.29, 0.717) is 11.9 Å². The fourth-order valence-corrected chi connectivity index (χ4v) is 2.58. The third-order valence-electron chi connectivity index (χ3n) is 3.15. The molecule has 18 heavy (non-hydrogen) atoms. The molecular weight excluding hydrogens is 294 g/mol. The van der Waals surface area contributed by atoms with E-state index in [-0.39, 0.29) is 0 Å². The molecular formula is C12H20BrN5. The van der Waals surface area contributed by atoms with Crippen LogP contribution in [-0.2, 0) is 0 Å². The van der Waals surface area contributed by atoms with Crippen LogP contribution in [0, 0.1) is 5.92 Å². The van der Waals surface area contributed by atoms with Crippen LogP contribution in [-0.4, -0.2) is 41.0 Å². The van der Waals surface area contributed by atoms with Gasteiger partial charge in [-0.25, -0.2) is 4.98 Å². The number of aromatic nitrogens is 2. The number of likely N-dealkylation sites (tertiary alicyclic amines) is 1. The van der Waals surface area contributed by atoms with Gasteiger partial charge in [-0.3, -0.25) is 0 Å². The van der Waals surface area contributed by atoms with Gasteiger partial charge in [-0.2, -0.15) is 4.98 Å². The first-order valence-electron chi connectivity index (χ1n) is 6.39. The summed E-state index contributed by atoms with van der Waals surface area (Å²) in [7, 11) is 0. The van der Waals surface area contributed by atoms with Gasteiger partial charge in [0, 0.05) is 19.3 Å². The predicted octanol–water partition coefficient (Wildman–Crippen LogP) is 1.97. The van der Waals surface area contributed by atoms with E-state index in [4.69, 9.17) is 5.73 Å². The number of nitrogen functional groups attached to an aromatic ring is 1. The van der Waals surface area contributed by atoms with Crippen LogP contribution >= 0.6 is 15.9 Å². The van der Waals surface area contributed by atoms with Crippen LogP contribution in [0.5, 0.6) is 0 Å². The van der Waals surface area contributed by atoms with Crippen molar-refractivity contribution in [2.24, 2.45) is 5.92 Å². The maximum atomic E-state index is 5.57. The summed E-state index contributed by atoms with van der Waals surface area (Å²) < 4.78 is 0.852. The van der Waals surface area contributed by atoms with Crippen LogP contribution in [0.1, 0.15) is 19.8 Å². The molecule has 5 nitrogen and oxygen atoms in total. The molecule has 1 unspecified atom stereocenters. The first-order valence-corrected chi connectivity index (χ1v) is 7.18. The van der Waals surface area contributed by atoms with Crippen molar-refractivity contribution in [3.63, 3.8) is 0 Å².